The Morgan fingerprint density at radius 3 is 2.92 bits per heavy atom. The first-order valence-electron chi connectivity index (χ1n) is 7.23. The summed E-state index contributed by atoms with van der Waals surface area (Å²) in [5.74, 6) is -1.16. The number of rotatable bonds is 4. The first-order valence-corrected chi connectivity index (χ1v) is 8.99. The number of aromatic nitrogens is 4. The van der Waals surface area contributed by atoms with Crippen molar-refractivity contribution in [1.82, 2.24) is 19.4 Å². The van der Waals surface area contributed by atoms with Crippen molar-refractivity contribution in [1.29, 1.82) is 0 Å². The number of nitrogens with zero attached hydrogens (tertiary/aromatic N) is 3. The summed E-state index contributed by atoms with van der Waals surface area (Å²) >= 11 is 2.50. The lowest BCUT2D eigenvalue weighted by Crippen LogP contribution is -2.25. The Morgan fingerprint density at radius 1 is 1.31 bits per heavy atom. The van der Waals surface area contributed by atoms with Gasteiger partial charge in [-0.15, -0.1) is 22.7 Å². The maximum Gasteiger partial charge on any atom is 0.271 e. The van der Waals surface area contributed by atoms with Gasteiger partial charge in [-0.1, -0.05) is 0 Å². The molecule has 0 saturated carbocycles. The molecule has 2 amide bonds. The normalized spacial score (nSPS) is 10.9. The van der Waals surface area contributed by atoms with E-state index in [1.165, 1.54) is 33.3 Å². The summed E-state index contributed by atoms with van der Waals surface area (Å²) in [6.45, 7) is 0. The molecular weight excluding hydrogens is 376 g/mol. The zero-order valence-corrected chi connectivity index (χ0v) is 14.6. The summed E-state index contributed by atoms with van der Waals surface area (Å²) in [4.78, 5) is 47.5. The summed E-state index contributed by atoms with van der Waals surface area (Å²) in [5.41, 5.74) is 6.18. The van der Waals surface area contributed by atoms with Gasteiger partial charge < -0.3 is 10.7 Å². The first-order chi connectivity index (χ1) is 12.5. The van der Waals surface area contributed by atoms with Crippen molar-refractivity contribution >= 4 is 44.6 Å². The maximum absolute atomic E-state index is 12.4. The van der Waals surface area contributed by atoms with Crippen molar-refractivity contribution < 1.29 is 9.59 Å². The monoisotopic (exact) mass is 386 g/mol. The predicted octanol–water partition coefficient (Wildman–Crippen LogP) is 1.56. The highest BCUT2D eigenvalue weighted by Crippen LogP contribution is 2.25. The molecule has 0 fully saturated rings. The van der Waals surface area contributed by atoms with Crippen LogP contribution in [0.15, 0.2) is 40.2 Å². The number of hydrogen-bond acceptors (Lipinski definition) is 7. The minimum Gasteiger partial charge on any atom is -0.364 e. The third-order valence-corrected chi connectivity index (χ3v) is 5.08. The van der Waals surface area contributed by atoms with E-state index >= 15 is 0 Å². The van der Waals surface area contributed by atoms with Crippen molar-refractivity contribution in [3.05, 3.63) is 57.0 Å². The summed E-state index contributed by atoms with van der Waals surface area (Å²) in [6.07, 6.45) is 4.42. The molecule has 4 N–H and O–H groups in total. The molecule has 0 aliphatic heterocycles. The van der Waals surface area contributed by atoms with Gasteiger partial charge in [0.25, 0.3) is 17.4 Å². The summed E-state index contributed by atoms with van der Waals surface area (Å²) in [5, 5.41) is 6.35. The van der Waals surface area contributed by atoms with E-state index in [0.29, 0.717) is 21.3 Å². The fourth-order valence-corrected chi connectivity index (χ4v) is 3.68. The zero-order chi connectivity index (χ0) is 18.3. The highest BCUT2D eigenvalue weighted by atomic mass is 32.1. The fraction of sp³-hybridized carbons (Fsp3) is 0. The molecule has 0 aliphatic rings. The Bertz CT molecular complexity index is 1200. The van der Waals surface area contributed by atoms with Crippen molar-refractivity contribution in [2.75, 3.05) is 5.32 Å². The van der Waals surface area contributed by atoms with E-state index in [-0.39, 0.29) is 11.3 Å². The molecule has 130 valence electrons. The second-order valence-electron chi connectivity index (χ2n) is 5.19. The van der Waals surface area contributed by atoms with Gasteiger partial charge in [0.2, 0.25) is 0 Å². The average Bonchev–Trinajstić information content (AvgIpc) is 3.35. The minimum absolute atomic E-state index is 0.0738. The number of carbonyl (C=O) groups is 2. The topological polar surface area (TPSA) is 135 Å². The van der Waals surface area contributed by atoms with Crippen molar-refractivity contribution in [2.24, 2.45) is 5.73 Å². The van der Waals surface area contributed by atoms with Crippen LogP contribution in [0, 0.1) is 0 Å². The molecule has 4 heterocycles. The van der Waals surface area contributed by atoms with Crippen molar-refractivity contribution in [3.63, 3.8) is 0 Å². The van der Waals surface area contributed by atoms with Crippen LogP contribution in [-0.4, -0.2) is 31.2 Å². The Labute approximate surface area is 153 Å². The van der Waals surface area contributed by atoms with E-state index in [4.69, 9.17) is 5.73 Å². The minimum atomic E-state index is -0.587. The molecule has 26 heavy (non-hydrogen) atoms. The summed E-state index contributed by atoms with van der Waals surface area (Å²) in [7, 11) is 0. The molecular formula is C15H10N6O3S2. The standard InChI is InChI=1S/C15H10N6O3S2/c16-11(22)9-3-7(4-17-9)10-6-26-14(19-10)20-12(23)8-5-18-15-21(13(8)24)1-2-25-15/h1-6,17H,(H2,16,22)(H,19,20,23). The highest BCUT2D eigenvalue weighted by molar-refractivity contribution is 7.15. The second kappa shape index (κ2) is 6.20. The van der Waals surface area contributed by atoms with Crippen LogP contribution in [0.4, 0.5) is 5.13 Å². The molecule has 0 bridgehead atoms. The zero-order valence-electron chi connectivity index (χ0n) is 12.9. The Balaban J connectivity index is 1.58. The van der Waals surface area contributed by atoms with E-state index in [1.54, 1.807) is 29.2 Å². The number of anilines is 1. The largest absolute Gasteiger partial charge is 0.364 e. The predicted molar refractivity (Wildman–Crippen MR) is 97.7 cm³/mol. The van der Waals surface area contributed by atoms with E-state index in [2.05, 4.69) is 20.3 Å². The highest BCUT2D eigenvalue weighted by Gasteiger charge is 2.16. The molecule has 0 aliphatic carbocycles. The van der Waals surface area contributed by atoms with E-state index in [0.717, 1.165) is 0 Å². The molecule has 4 aromatic heterocycles. The van der Waals surface area contributed by atoms with Crippen LogP contribution < -0.4 is 16.6 Å². The number of primary amides is 1. The third-order valence-electron chi connectivity index (χ3n) is 3.56. The van der Waals surface area contributed by atoms with Crippen LogP contribution in [0.1, 0.15) is 20.8 Å². The van der Waals surface area contributed by atoms with Gasteiger partial charge in [-0.3, -0.25) is 24.1 Å². The number of carbonyl (C=O) groups excluding carboxylic acids is 2. The van der Waals surface area contributed by atoms with Crippen molar-refractivity contribution in [2.45, 2.75) is 0 Å². The van der Waals surface area contributed by atoms with Crippen LogP contribution >= 0.6 is 22.7 Å². The molecule has 4 rings (SSSR count). The van der Waals surface area contributed by atoms with Gasteiger partial charge in [-0.2, -0.15) is 0 Å². The van der Waals surface area contributed by atoms with Gasteiger partial charge in [0.1, 0.15) is 11.3 Å². The third kappa shape index (κ3) is 2.78. The Morgan fingerprint density at radius 2 is 2.15 bits per heavy atom. The number of nitrogens with two attached hydrogens (primary N) is 1. The van der Waals surface area contributed by atoms with Crippen LogP contribution in [-0.2, 0) is 0 Å². The Hall–Kier alpha value is -3.31. The van der Waals surface area contributed by atoms with Crippen molar-refractivity contribution in [3.8, 4) is 11.3 Å². The number of nitrogens with one attached hydrogen (secondary N) is 2. The Kier molecular flexibility index (Phi) is 3.86. The van der Waals surface area contributed by atoms with Gasteiger partial charge in [-0.05, 0) is 6.07 Å². The number of aromatic amines is 1. The van der Waals surface area contributed by atoms with E-state index in [1.807, 2.05) is 0 Å². The number of hydrogen-bond donors (Lipinski definition) is 3. The van der Waals surface area contributed by atoms with Crippen LogP contribution in [0.25, 0.3) is 16.2 Å². The van der Waals surface area contributed by atoms with Crippen LogP contribution in [0.2, 0.25) is 0 Å². The van der Waals surface area contributed by atoms with Crippen LogP contribution in [0.5, 0.6) is 0 Å². The van der Waals surface area contributed by atoms with Gasteiger partial charge in [0.15, 0.2) is 10.1 Å². The molecule has 9 nitrogen and oxygen atoms in total. The number of H-pyrrole nitrogens is 1. The lowest BCUT2D eigenvalue weighted by atomic mass is 10.2. The van der Waals surface area contributed by atoms with Gasteiger partial charge >= 0.3 is 0 Å². The summed E-state index contributed by atoms with van der Waals surface area (Å²) in [6, 6.07) is 1.57. The number of thiazole rings is 2. The average molecular weight is 386 g/mol. The first kappa shape index (κ1) is 16.2. The van der Waals surface area contributed by atoms with E-state index in [9.17, 15) is 14.4 Å². The SMILES string of the molecule is NC(=O)c1cc(-c2csc(NC(=O)c3cnc4sccn4c3=O)n2)c[nH]1. The molecule has 0 atom stereocenters. The molecule has 0 spiro atoms. The van der Waals surface area contributed by atoms with Gasteiger partial charge in [0, 0.05) is 34.9 Å². The maximum atomic E-state index is 12.4. The number of amides is 2. The molecule has 0 saturated heterocycles. The fourth-order valence-electron chi connectivity index (χ4n) is 2.29. The molecule has 0 unspecified atom stereocenters. The smallest absolute Gasteiger partial charge is 0.271 e. The van der Waals surface area contributed by atoms with Gasteiger partial charge in [-0.25, -0.2) is 9.97 Å². The number of fused-ring (bicyclic) bond motifs is 1. The van der Waals surface area contributed by atoms with E-state index < -0.39 is 17.4 Å². The molecule has 0 radical (unpaired) electrons. The van der Waals surface area contributed by atoms with Crippen LogP contribution in [0.3, 0.4) is 0 Å². The summed E-state index contributed by atoms with van der Waals surface area (Å²) < 4.78 is 1.32. The molecule has 11 heteroatoms. The lowest BCUT2D eigenvalue weighted by molar-refractivity contribution is 0.0993. The molecule has 0 aromatic carbocycles. The lowest BCUT2D eigenvalue weighted by Gasteiger charge is -2.01. The second-order valence-corrected chi connectivity index (χ2v) is 6.92. The molecule has 4 aromatic rings. The van der Waals surface area contributed by atoms with Gasteiger partial charge in [0.05, 0.1) is 5.69 Å². The quantitative estimate of drug-likeness (QED) is 0.489.